The van der Waals surface area contributed by atoms with Crippen LogP contribution >= 0.6 is 36.4 Å². The van der Waals surface area contributed by atoms with Crippen LogP contribution in [0.5, 0.6) is 0 Å². The van der Waals surface area contributed by atoms with Crippen molar-refractivity contribution in [3.63, 3.8) is 0 Å². The maximum absolute atomic E-state index is 12.8. The molecule has 3 aliphatic rings. The van der Waals surface area contributed by atoms with Gasteiger partial charge in [-0.3, -0.25) is 9.69 Å². The van der Waals surface area contributed by atoms with Crippen LogP contribution in [0.25, 0.3) is 0 Å². The summed E-state index contributed by atoms with van der Waals surface area (Å²) in [5.74, 6) is 0.415. The number of morpholine rings is 1. The molecule has 3 fully saturated rings. The molecular formula is C20H30Cl3N3O2. The number of amides is 1. The van der Waals surface area contributed by atoms with Gasteiger partial charge in [0.25, 0.3) is 0 Å². The lowest BCUT2D eigenvalue weighted by molar-refractivity contribution is -0.123. The predicted molar refractivity (Wildman–Crippen MR) is 117 cm³/mol. The molecule has 1 spiro atoms. The fourth-order valence-corrected chi connectivity index (χ4v) is 4.85. The van der Waals surface area contributed by atoms with Crippen LogP contribution in [0, 0.1) is 11.3 Å². The Balaban J connectivity index is 0.00000140. The van der Waals surface area contributed by atoms with Gasteiger partial charge in [0.15, 0.2) is 0 Å². The second-order valence-electron chi connectivity index (χ2n) is 7.80. The number of hydrogen-bond acceptors (Lipinski definition) is 4. The zero-order chi connectivity index (χ0) is 18.0. The van der Waals surface area contributed by atoms with Crippen molar-refractivity contribution in [3.8, 4) is 0 Å². The number of benzene rings is 1. The van der Waals surface area contributed by atoms with Gasteiger partial charge in [-0.25, -0.2) is 0 Å². The molecule has 0 bridgehead atoms. The maximum Gasteiger partial charge on any atom is 0.223 e. The first-order valence-corrected chi connectivity index (χ1v) is 10.1. The predicted octanol–water partition coefficient (Wildman–Crippen LogP) is 3.06. The SMILES string of the molecule is Cl.Cl.O=C(NCC(c1ccccc1Cl)N1CCOCC1)C1CC12CCNCC2. The number of piperidine rings is 1. The van der Waals surface area contributed by atoms with Gasteiger partial charge in [0.05, 0.1) is 19.3 Å². The molecule has 2 unspecified atom stereocenters. The molecule has 8 heteroatoms. The van der Waals surface area contributed by atoms with E-state index in [4.69, 9.17) is 16.3 Å². The summed E-state index contributed by atoms with van der Waals surface area (Å²) in [6.45, 7) is 5.88. The van der Waals surface area contributed by atoms with E-state index in [-0.39, 0.29) is 48.1 Å². The van der Waals surface area contributed by atoms with E-state index >= 15 is 0 Å². The fourth-order valence-electron chi connectivity index (χ4n) is 4.59. The van der Waals surface area contributed by atoms with E-state index in [1.54, 1.807) is 0 Å². The number of nitrogens with zero attached hydrogens (tertiary/aromatic N) is 1. The lowest BCUT2D eigenvalue weighted by Crippen LogP contribution is -2.44. The molecule has 1 saturated carbocycles. The van der Waals surface area contributed by atoms with E-state index in [0.29, 0.717) is 6.54 Å². The molecule has 2 heterocycles. The van der Waals surface area contributed by atoms with Gasteiger partial charge in [-0.1, -0.05) is 29.8 Å². The minimum atomic E-state index is 0. The average molecular weight is 451 g/mol. The summed E-state index contributed by atoms with van der Waals surface area (Å²) in [5.41, 5.74) is 1.36. The molecular weight excluding hydrogens is 421 g/mol. The first-order chi connectivity index (χ1) is 12.7. The highest BCUT2D eigenvalue weighted by atomic mass is 35.5. The van der Waals surface area contributed by atoms with Crippen LogP contribution in [0.3, 0.4) is 0 Å². The summed E-state index contributed by atoms with van der Waals surface area (Å²) < 4.78 is 5.50. The smallest absolute Gasteiger partial charge is 0.223 e. The average Bonchev–Trinajstić information content (AvgIpc) is 3.37. The van der Waals surface area contributed by atoms with Crippen molar-refractivity contribution in [1.29, 1.82) is 0 Å². The zero-order valence-electron chi connectivity index (χ0n) is 16.0. The van der Waals surface area contributed by atoms with Crippen LogP contribution in [-0.4, -0.2) is 56.7 Å². The van der Waals surface area contributed by atoms with Crippen molar-refractivity contribution >= 4 is 42.3 Å². The summed E-state index contributed by atoms with van der Waals surface area (Å²) in [6.07, 6.45) is 3.31. The molecule has 158 valence electrons. The Morgan fingerprint density at radius 3 is 2.61 bits per heavy atom. The summed E-state index contributed by atoms with van der Waals surface area (Å²) in [5, 5.41) is 7.40. The minimum Gasteiger partial charge on any atom is -0.379 e. The van der Waals surface area contributed by atoms with Gasteiger partial charge in [0.1, 0.15) is 0 Å². The Hall–Kier alpha value is -0.560. The van der Waals surface area contributed by atoms with Crippen molar-refractivity contribution in [2.75, 3.05) is 45.9 Å². The zero-order valence-corrected chi connectivity index (χ0v) is 18.4. The highest BCUT2D eigenvalue weighted by Gasteiger charge is 2.57. The first-order valence-electron chi connectivity index (χ1n) is 9.74. The molecule has 28 heavy (non-hydrogen) atoms. The number of carbonyl (C=O) groups excluding carboxylic acids is 1. The number of halogens is 3. The monoisotopic (exact) mass is 449 g/mol. The Kier molecular flexibility index (Phi) is 8.86. The van der Waals surface area contributed by atoms with Gasteiger partial charge in [0, 0.05) is 30.6 Å². The van der Waals surface area contributed by atoms with Crippen molar-refractivity contribution in [3.05, 3.63) is 34.9 Å². The van der Waals surface area contributed by atoms with Gasteiger partial charge in [0.2, 0.25) is 5.91 Å². The van der Waals surface area contributed by atoms with E-state index in [1.165, 1.54) is 0 Å². The molecule has 1 aliphatic carbocycles. The van der Waals surface area contributed by atoms with Crippen LogP contribution in [0.1, 0.15) is 30.9 Å². The van der Waals surface area contributed by atoms with Crippen molar-refractivity contribution < 1.29 is 9.53 Å². The molecule has 2 aliphatic heterocycles. The van der Waals surface area contributed by atoms with Gasteiger partial charge in [-0.2, -0.15) is 0 Å². The molecule has 2 saturated heterocycles. The van der Waals surface area contributed by atoms with Crippen molar-refractivity contribution in [2.24, 2.45) is 11.3 Å². The number of ether oxygens (including phenoxy) is 1. The van der Waals surface area contributed by atoms with E-state index in [0.717, 1.165) is 69.2 Å². The number of nitrogens with one attached hydrogen (secondary N) is 2. The highest BCUT2D eigenvalue weighted by molar-refractivity contribution is 6.31. The molecule has 0 aromatic heterocycles. The van der Waals surface area contributed by atoms with Gasteiger partial charge >= 0.3 is 0 Å². The van der Waals surface area contributed by atoms with Gasteiger partial charge < -0.3 is 15.4 Å². The Morgan fingerprint density at radius 2 is 1.93 bits per heavy atom. The summed E-state index contributed by atoms with van der Waals surface area (Å²) in [7, 11) is 0. The van der Waals surface area contributed by atoms with Gasteiger partial charge in [-0.15, -0.1) is 24.8 Å². The largest absolute Gasteiger partial charge is 0.379 e. The number of carbonyl (C=O) groups is 1. The van der Waals surface area contributed by atoms with Crippen LogP contribution in [0.2, 0.25) is 5.02 Å². The van der Waals surface area contributed by atoms with Crippen molar-refractivity contribution in [2.45, 2.75) is 25.3 Å². The molecule has 5 nitrogen and oxygen atoms in total. The van der Waals surface area contributed by atoms with Crippen LogP contribution in [0.15, 0.2) is 24.3 Å². The number of rotatable bonds is 5. The second kappa shape index (κ2) is 10.5. The third kappa shape index (κ3) is 5.13. The van der Waals surface area contributed by atoms with Crippen molar-refractivity contribution in [1.82, 2.24) is 15.5 Å². The molecule has 2 atom stereocenters. The molecule has 4 rings (SSSR count). The standard InChI is InChI=1S/C20H28ClN3O2.2ClH/c21-17-4-2-1-3-15(17)18(24-9-11-26-12-10-24)14-23-19(25)16-13-20(16)5-7-22-8-6-20;;/h1-4,16,18,22H,5-14H2,(H,23,25);2*1H. The molecule has 2 N–H and O–H groups in total. The Bertz CT molecular complexity index is 649. The lowest BCUT2D eigenvalue weighted by Gasteiger charge is -2.35. The van der Waals surface area contributed by atoms with Crippen LogP contribution in [0.4, 0.5) is 0 Å². The highest BCUT2D eigenvalue weighted by Crippen LogP contribution is 2.58. The van der Waals surface area contributed by atoms with E-state index in [9.17, 15) is 4.79 Å². The van der Waals surface area contributed by atoms with Crippen LogP contribution < -0.4 is 10.6 Å². The summed E-state index contributed by atoms with van der Waals surface area (Å²) in [4.78, 5) is 15.1. The maximum atomic E-state index is 12.8. The van der Waals surface area contributed by atoms with Crippen LogP contribution in [-0.2, 0) is 9.53 Å². The van der Waals surface area contributed by atoms with E-state index in [2.05, 4.69) is 21.6 Å². The second-order valence-corrected chi connectivity index (χ2v) is 8.21. The molecule has 0 radical (unpaired) electrons. The lowest BCUT2D eigenvalue weighted by atomic mass is 9.91. The quantitative estimate of drug-likeness (QED) is 0.724. The minimum absolute atomic E-state index is 0. The van der Waals surface area contributed by atoms with Gasteiger partial charge in [-0.05, 0) is 49.4 Å². The fraction of sp³-hybridized carbons (Fsp3) is 0.650. The molecule has 1 amide bonds. The summed E-state index contributed by atoms with van der Waals surface area (Å²) in [6, 6.07) is 8.06. The first kappa shape index (κ1) is 23.7. The molecule has 1 aromatic carbocycles. The Morgan fingerprint density at radius 1 is 1.25 bits per heavy atom. The van der Waals surface area contributed by atoms with E-state index in [1.807, 2.05) is 18.2 Å². The topological polar surface area (TPSA) is 53.6 Å². The Labute approximate surface area is 184 Å². The number of hydrogen-bond donors (Lipinski definition) is 2. The third-order valence-electron chi connectivity index (χ3n) is 6.33. The molecule has 1 aromatic rings. The normalized spacial score (nSPS) is 24.5. The van der Waals surface area contributed by atoms with E-state index < -0.39 is 0 Å². The summed E-state index contributed by atoms with van der Waals surface area (Å²) >= 11 is 6.47. The third-order valence-corrected chi connectivity index (χ3v) is 6.67.